The van der Waals surface area contributed by atoms with E-state index in [1.807, 2.05) is 66.7 Å². The smallest absolute Gasteiger partial charge is 0.176 e. The van der Waals surface area contributed by atoms with Gasteiger partial charge in [-0.05, 0) is 54.1 Å². The molecule has 130 valence electrons. The first-order valence-corrected chi connectivity index (χ1v) is 8.10. The molecule has 3 aromatic carbocycles. The molecule has 6 heteroatoms. The summed E-state index contributed by atoms with van der Waals surface area (Å²) in [6, 6.07) is 25.0. The van der Waals surface area contributed by atoms with E-state index in [2.05, 4.69) is 15.7 Å². The van der Waals surface area contributed by atoms with Crippen LogP contribution in [-0.4, -0.2) is 5.84 Å². The van der Waals surface area contributed by atoms with Gasteiger partial charge in [0.15, 0.2) is 5.84 Å². The number of para-hydroxylation sites is 1. The van der Waals surface area contributed by atoms with E-state index in [1.54, 1.807) is 12.1 Å². The number of nitrogens with zero attached hydrogens (tertiary/aromatic N) is 2. The van der Waals surface area contributed by atoms with Crippen molar-refractivity contribution in [3.63, 3.8) is 0 Å². The predicted molar refractivity (Wildman–Crippen MR) is 103 cm³/mol. The summed E-state index contributed by atoms with van der Waals surface area (Å²) in [5.41, 5.74) is 2.75. The Morgan fingerprint density at radius 1 is 0.885 bits per heavy atom. The highest BCUT2D eigenvalue weighted by Gasteiger charge is 2.01. The molecule has 0 heterocycles. The second-order valence-corrected chi connectivity index (χ2v) is 5.55. The minimum absolute atomic E-state index is 0.0352. The minimum atomic E-state index is 0.0352. The van der Waals surface area contributed by atoms with Gasteiger partial charge in [-0.15, -0.1) is 5.11 Å². The Morgan fingerprint density at radius 2 is 1.54 bits per heavy atom. The Hall–Kier alpha value is -3.67. The molecule has 0 saturated carbocycles. The molecule has 3 aromatic rings. The Labute approximate surface area is 151 Å². The fraction of sp³-hybridized carbons (Fsp3) is 0.0500. The average molecular weight is 345 g/mol. The third-order valence-corrected chi connectivity index (χ3v) is 3.71. The number of nitrogens with one attached hydrogen (secondary N) is 2. The monoisotopic (exact) mass is 345 g/mol. The molecule has 0 aromatic heterocycles. The number of hydrogen-bond acceptors (Lipinski definition) is 4. The molecule has 0 spiro atoms. The molecule has 0 aliphatic carbocycles. The van der Waals surface area contributed by atoms with Crippen molar-refractivity contribution in [2.75, 3.05) is 5.32 Å². The maximum absolute atomic E-state index is 7.66. The maximum atomic E-state index is 7.66. The molecule has 0 saturated heterocycles. The van der Waals surface area contributed by atoms with E-state index in [1.165, 1.54) is 0 Å². The van der Waals surface area contributed by atoms with Gasteiger partial charge in [0.1, 0.15) is 11.5 Å². The summed E-state index contributed by atoms with van der Waals surface area (Å²) in [6.45, 7) is 0.685. The lowest BCUT2D eigenvalue weighted by Gasteiger charge is -2.09. The van der Waals surface area contributed by atoms with Crippen molar-refractivity contribution in [2.45, 2.75) is 6.54 Å². The highest BCUT2D eigenvalue weighted by molar-refractivity contribution is 5.96. The SMILES string of the molecule is N=C(N=NN)c1ccc(NCc2ccc(Oc3ccccc3)cc2)cc1. The second-order valence-electron chi connectivity index (χ2n) is 5.55. The summed E-state index contributed by atoms with van der Waals surface area (Å²) in [4.78, 5) is 0. The molecular formula is C20H19N5O. The van der Waals surface area contributed by atoms with Crippen LogP contribution < -0.4 is 15.9 Å². The number of hydrogen-bond donors (Lipinski definition) is 3. The fourth-order valence-electron chi connectivity index (χ4n) is 2.37. The number of anilines is 1. The highest BCUT2D eigenvalue weighted by atomic mass is 16.5. The van der Waals surface area contributed by atoms with Crippen LogP contribution in [0.1, 0.15) is 11.1 Å². The van der Waals surface area contributed by atoms with E-state index in [9.17, 15) is 0 Å². The largest absolute Gasteiger partial charge is 0.457 e. The minimum Gasteiger partial charge on any atom is -0.457 e. The molecule has 0 fully saturated rings. The van der Waals surface area contributed by atoms with Crippen molar-refractivity contribution >= 4 is 11.5 Å². The number of benzene rings is 3. The van der Waals surface area contributed by atoms with E-state index in [0.29, 0.717) is 12.1 Å². The van der Waals surface area contributed by atoms with Gasteiger partial charge in [-0.2, -0.15) is 0 Å². The van der Waals surface area contributed by atoms with E-state index < -0.39 is 0 Å². The van der Waals surface area contributed by atoms with E-state index in [-0.39, 0.29) is 5.84 Å². The van der Waals surface area contributed by atoms with Gasteiger partial charge in [0, 0.05) is 17.8 Å². The summed E-state index contributed by atoms with van der Waals surface area (Å²) in [5.74, 6) is 6.61. The van der Waals surface area contributed by atoms with Crippen LogP contribution in [0.25, 0.3) is 0 Å². The average Bonchev–Trinajstić information content (AvgIpc) is 2.69. The van der Waals surface area contributed by atoms with E-state index in [0.717, 1.165) is 22.7 Å². The van der Waals surface area contributed by atoms with Gasteiger partial charge in [-0.25, -0.2) is 0 Å². The summed E-state index contributed by atoms with van der Waals surface area (Å²) in [6.07, 6.45) is 0. The van der Waals surface area contributed by atoms with Gasteiger partial charge in [0.2, 0.25) is 0 Å². The Balaban J connectivity index is 1.55. The first-order chi connectivity index (χ1) is 12.7. The number of ether oxygens (including phenoxy) is 1. The molecule has 0 radical (unpaired) electrons. The van der Waals surface area contributed by atoms with Crippen LogP contribution in [0.4, 0.5) is 5.69 Å². The fourth-order valence-corrected chi connectivity index (χ4v) is 2.37. The van der Waals surface area contributed by atoms with Crippen LogP contribution in [0, 0.1) is 5.41 Å². The standard InChI is InChI=1S/C20H19N5O/c21-20(24-25-22)16-8-10-17(11-9-16)23-14-15-6-12-19(13-7-15)26-18-4-2-1-3-5-18/h1-13,23H,14H2,(H3,21,22,24). The molecule has 0 unspecified atom stereocenters. The molecule has 26 heavy (non-hydrogen) atoms. The normalized spacial score (nSPS) is 10.6. The molecule has 0 aliphatic rings. The lowest BCUT2D eigenvalue weighted by atomic mass is 10.1. The van der Waals surface area contributed by atoms with Gasteiger partial charge >= 0.3 is 0 Å². The van der Waals surface area contributed by atoms with Crippen molar-refractivity contribution in [3.05, 3.63) is 90.0 Å². The van der Waals surface area contributed by atoms with Crippen LogP contribution in [-0.2, 0) is 6.54 Å². The lowest BCUT2D eigenvalue weighted by molar-refractivity contribution is 0.482. The van der Waals surface area contributed by atoms with E-state index >= 15 is 0 Å². The lowest BCUT2D eigenvalue weighted by Crippen LogP contribution is -2.00. The van der Waals surface area contributed by atoms with Crippen molar-refractivity contribution < 1.29 is 4.74 Å². The van der Waals surface area contributed by atoms with Gasteiger partial charge in [0.05, 0.1) is 0 Å². The van der Waals surface area contributed by atoms with Crippen LogP contribution in [0.3, 0.4) is 0 Å². The molecule has 0 amide bonds. The first kappa shape index (κ1) is 17.2. The topological polar surface area (TPSA) is 95.9 Å². The van der Waals surface area contributed by atoms with Gasteiger partial charge < -0.3 is 15.9 Å². The van der Waals surface area contributed by atoms with Gasteiger partial charge in [-0.1, -0.05) is 35.6 Å². The zero-order chi connectivity index (χ0) is 18.2. The number of nitrogens with two attached hydrogens (primary N) is 1. The highest BCUT2D eigenvalue weighted by Crippen LogP contribution is 2.21. The first-order valence-electron chi connectivity index (χ1n) is 8.10. The third kappa shape index (κ3) is 4.67. The van der Waals surface area contributed by atoms with Gasteiger partial charge in [-0.3, -0.25) is 5.41 Å². The molecule has 0 bridgehead atoms. The maximum Gasteiger partial charge on any atom is 0.176 e. The van der Waals surface area contributed by atoms with Crippen LogP contribution in [0.5, 0.6) is 11.5 Å². The van der Waals surface area contributed by atoms with Gasteiger partial charge in [0.25, 0.3) is 0 Å². The summed E-state index contributed by atoms with van der Waals surface area (Å²) in [7, 11) is 0. The van der Waals surface area contributed by atoms with Crippen LogP contribution >= 0.6 is 0 Å². The van der Waals surface area contributed by atoms with E-state index in [4.69, 9.17) is 16.0 Å². The summed E-state index contributed by atoms with van der Waals surface area (Å²) >= 11 is 0. The summed E-state index contributed by atoms with van der Waals surface area (Å²) < 4.78 is 5.79. The van der Waals surface area contributed by atoms with Crippen molar-refractivity contribution in [2.24, 2.45) is 16.2 Å². The third-order valence-electron chi connectivity index (χ3n) is 3.71. The zero-order valence-corrected chi connectivity index (χ0v) is 14.1. The molecule has 0 aliphatic heterocycles. The summed E-state index contributed by atoms with van der Waals surface area (Å²) in [5, 5.41) is 17.6. The predicted octanol–water partition coefficient (Wildman–Crippen LogP) is 4.74. The second kappa shape index (κ2) is 8.43. The van der Waals surface area contributed by atoms with Crippen LogP contribution in [0.2, 0.25) is 0 Å². The number of rotatable bonds is 6. The Kier molecular flexibility index (Phi) is 5.57. The Bertz CT molecular complexity index is 874. The zero-order valence-electron chi connectivity index (χ0n) is 14.1. The molecule has 0 atom stereocenters. The van der Waals surface area contributed by atoms with Crippen molar-refractivity contribution in [1.29, 1.82) is 5.41 Å². The molecule has 4 N–H and O–H groups in total. The Morgan fingerprint density at radius 3 is 2.19 bits per heavy atom. The number of amidine groups is 1. The van der Waals surface area contributed by atoms with Crippen molar-refractivity contribution in [1.82, 2.24) is 0 Å². The van der Waals surface area contributed by atoms with Crippen molar-refractivity contribution in [3.8, 4) is 11.5 Å². The van der Waals surface area contributed by atoms with Crippen LogP contribution in [0.15, 0.2) is 89.2 Å². The molecule has 3 rings (SSSR count). The molecule has 6 nitrogen and oxygen atoms in total. The quantitative estimate of drug-likeness (QED) is 0.198. The molecular weight excluding hydrogens is 326 g/mol.